The first-order chi connectivity index (χ1) is 15.8. The fraction of sp³-hybridized carbons (Fsp3) is 0.931. The number of esters is 1. The van der Waals surface area contributed by atoms with Crippen molar-refractivity contribution in [1.82, 2.24) is 0 Å². The molecule has 0 bridgehead atoms. The van der Waals surface area contributed by atoms with E-state index in [1.54, 1.807) is 0 Å². The smallest absolute Gasteiger partial charge is 0.302 e. The van der Waals surface area contributed by atoms with E-state index < -0.39 is 6.10 Å². The molecule has 4 fully saturated rings. The van der Waals surface area contributed by atoms with Crippen LogP contribution in [0.4, 0.5) is 0 Å². The summed E-state index contributed by atoms with van der Waals surface area (Å²) in [5, 5.41) is 11.6. The highest BCUT2D eigenvalue weighted by atomic mass is 79.9. The molecule has 10 atom stereocenters. The van der Waals surface area contributed by atoms with Crippen LogP contribution in [-0.2, 0) is 14.3 Å². The van der Waals surface area contributed by atoms with Crippen LogP contribution in [0.1, 0.15) is 106 Å². The summed E-state index contributed by atoms with van der Waals surface area (Å²) in [6.07, 6.45) is 9.67. The van der Waals surface area contributed by atoms with Gasteiger partial charge in [0, 0.05) is 25.7 Å². The number of halogens is 1. The van der Waals surface area contributed by atoms with Crippen LogP contribution in [0.5, 0.6) is 0 Å². The van der Waals surface area contributed by atoms with Gasteiger partial charge in [0.05, 0.1) is 10.4 Å². The number of carbonyl (C=O) groups is 2. The molecule has 0 aliphatic heterocycles. The van der Waals surface area contributed by atoms with E-state index in [1.165, 1.54) is 32.6 Å². The van der Waals surface area contributed by atoms with Gasteiger partial charge in [-0.2, -0.15) is 0 Å². The van der Waals surface area contributed by atoms with Crippen LogP contribution < -0.4 is 0 Å². The first kappa shape index (κ1) is 26.6. The molecule has 0 amide bonds. The molecule has 4 aliphatic carbocycles. The first-order valence-electron chi connectivity index (χ1n) is 13.9. The van der Waals surface area contributed by atoms with E-state index in [-0.39, 0.29) is 27.7 Å². The van der Waals surface area contributed by atoms with Gasteiger partial charge < -0.3 is 9.84 Å². The van der Waals surface area contributed by atoms with Crippen molar-refractivity contribution in [3.05, 3.63) is 0 Å². The van der Waals surface area contributed by atoms with Gasteiger partial charge in [-0.1, -0.05) is 50.5 Å². The lowest BCUT2D eigenvalue weighted by Crippen LogP contribution is -2.66. The summed E-state index contributed by atoms with van der Waals surface area (Å²) in [7, 11) is 0. The molecule has 0 radical (unpaired) electrons. The largest absolute Gasteiger partial charge is 0.463 e. The highest BCUT2D eigenvalue weighted by Gasteiger charge is 2.67. The van der Waals surface area contributed by atoms with Crippen molar-refractivity contribution in [2.24, 2.45) is 46.3 Å². The monoisotopic (exact) mass is 538 g/mol. The van der Waals surface area contributed by atoms with Crippen LogP contribution >= 0.6 is 15.9 Å². The van der Waals surface area contributed by atoms with Crippen LogP contribution in [0.3, 0.4) is 0 Å². The molecule has 5 heteroatoms. The number of alkyl halides is 1. The van der Waals surface area contributed by atoms with Crippen molar-refractivity contribution in [1.29, 1.82) is 0 Å². The molecule has 0 heterocycles. The van der Waals surface area contributed by atoms with Crippen LogP contribution in [0.2, 0.25) is 0 Å². The van der Waals surface area contributed by atoms with Crippen molar-refractivity contribution < 1.29 is 19.4 Å². The Balaban J connectivity index is 1.51. The first-order valence-corrected chi connectivity index (χ1v) is 14.7. The van der Waals surface area contributed by atoms with E-state index in [0.29, 0.717) is 53.6 Å². The Bertz CT molecular complexity index is 797. The lowest BCUT2D eigenvalue weighted by molar-refractivity contribution is -0.170. The predicted octanol–water partition coefficient (Wildman–Crippen LogP) is 6.71. The molecule has 4 aliphatic rings. The fourth-order valence-corrected chi connectivity index (χ4v) is 10.4. The second-order valence-corrected chi connectivity index (χ2v) is 14.7. The van der Waals surface area contributed by atoms with Crippen LogP contribution in [0.25, 0.3) is 0 Å². The molecule has 4 saturated carbocycles. The molecule has 0 aromatic carbocycles. The number of ketones is 1. The summed E-state index contributed by atoms with van der Waals surface area (Å²) in [4.78, 5) is 23.9. The minimum atomic E-state index is -0.417. The van der Waals surface area contributed by atoms with E-state index >= 15 is 0 Å². The molecule has 4 nitrogen and oxygen atoms in total. The lowest BCUT2D eigenvalue weighted by Gasteiger charge is -2.65. The highest BCUT2D eigenvalue weighted by molar-refractivity contribution is 9.10. The average Bonchev–Trinajstić information content (AvgIpc) is 3.11. The van der Waals surface area contributed by atoms with Gasteiger partial charge in [0.1, 0.15) is 11.9 Å². The van der Waals surface area contributed by atoms with E-state index in [4.69, 9.17) is 4.74 Å². The number of Topliss-reactive ketones (excluding diaryl/α,β-unsaturated/α-hetero) is 1. The number of ether oxygens (including phenoxy) is 1. The maximum atomic E-state index is 12.3. The number of aliphatic hydroxyl groups excluding tert-OH is 1. The van der Waals surface area contributed by atoms with Crippen molar-refractivity contribution in [2.75, 3.05) is 0 Å². The standard InChI is InChI=1S/C29H47BrO4/c1-17(2)25(32)10-7-18(3)22-8-9-23-21-15-26(33)29(30)16-20(34-19(4)31)11-14-28(29,6)24(21)12-13-27(22,23)5/h17-18,20-24,26,33H,7-16H2,1-6H3/t18?,20-,21?,22?,23?,24?,26?,27+,28+,29?/m0/s1. The Morgan fingerprint density at radius 2 is 1.76 bits per heavy atom. The van der Waals surface area contributed by atoms with Crippen LogP contribution in [-0.4, -0.2) is 33.4 Å². The summed E-state index contributed by atoms with van der Waals surface area (Å²) in [6.45, 7) is 12.8. The van der Waals surface area contributed by atoms with Gasteiger partial charge in [-0.05, 0) is 91.8 Å². The maximum Gasteiger partial charge on any atom is 0.302 e. The van der Waals surface area contributed by atoms with Crippen molar-refractivity contribution in [3.8, 4) is 0 Å². The van der Waals surface area contributed by atoms with E-state index in [1.807, 2.05) is 13.8 Å². The molecular weight excluding hydrogens is 492 g/mol. The quantitative estimate of drug-likeness (QED) is 0.301. The zero-order chi connectivity index (χ0) is 25.1. The molecular formula is C29H47BrO4. The second kappa shape index (κ2) is 9.47. The topological polar surface area (TPSA) is 63.6 Å². The number of fused-ring (bicyclic) bond motifs is 5. The predicted molar refractivity (Wildman–Crippen MR) is 139 cm³/mol. The molecule has 0 aromatic heterocycles. The summed E-state index contributed by atoms with van der Waals surface area (Å²) >= 11 is 4.08. The van der Waals surface area contributed by atoms with E-state index in [9.17, 15) is 14.7 Å². The zero-order valence-electron chi connectivity index (χ0n) is 22.2. The van der Waals surface area contributed by atoms with Crippen LogP contribution in [0, 0.1) is 46.3 Å². The van der Waals surface area contributed by atoms with Gasteiger partial charge in [-0.15, -0.1) is 0 Å². The molecule has 34 heavy (non-hydrogen) atoms. The summed E-state index contributed by atoms with van der Waals surface area (Å²) < 4.78 is 5.23. The van der Waals surface area contributed by atoms with Gasteiger partial charge in [-0.3, -0.25) is 9.59 Å². The lowest BCUT2D eigenvalue weighted by atomic mass is 9.43. The minimum Gasteiger partial charge on any atom is -0.463 e. The highest BCUT2D eigenvalue weighted by Crippen LogP contribution is 2.70. The fourth-order valence-electron chi connectivity index (χ4n) is 9.37. The minimum absolute atomic E-state index is 0.0146. The zero-order valence-corrected chi connectivity index (χ0v) is 23.8. The van der Waals surface area contributed by atoms with Crippen molar-refractivity contribution >= 4 is 27.7 Å². The Morgan fingerprint density at radius 1 is 1.06 bits per heavy atom. The molecule has 0 saturated heterocycles. The number of carbonyl (C=O) groups excluding carboxylic acids is 2. The molecule has 0 aromatic rings. The molecule has 0 spiro atoms. The number of aliphatic hydroxyl groups is 1. The maximum absolute atomic E-state index is 12.3. The Labute approximate surface area is 215 Å². The second-order valence-electron chi connectivity index (χ2n) is 13.2. The van der Waals surface area contributed by atoms with Crippen molar-refractivity contribution in [2.45, 2.75) is 122 Å². The van der Waals surface area contributed by atoms with Gasteiger partial charge >= 0.3 is 5.97 Å². The Morgan fingerprint density at radius 3 is 2.41 bits per heavy atom. The number of rotatable bonds is 6. The third-order valence-corrected chi connectivity index (χ3v) is 13.1. The Hall–Kier alpha value is -0.420. The van der Waals surface area contributed by atoms with Gasteiger partial charge in [0.25, 0.3) is 0 Å². The number of hydrogen-bond donors (Lipinski definition) is 1. The van der Waals surface area contributed by atoms with E-state index in [0.717, 1.165) is 25.7 Å². The Kier molecular flexibility index (Phi) is 7.42. The average molecular weight is 540 g/mol. The van der Waals surface area contributed by atoms with Crippen LogP contribution in [0.15, 0.2) is 0 Å². The van der Waals surface area contributed by atoms with Gasteiger partial charge in [0.15, 0.2) is 0 Å². The number of hydrogen-bond acceptors (Lipinski definition) is 4. The van der Waals surface area contributed by atoms with Gasteiger partial charge in [0.2, 0.25) is 0 Å². The normalized spacial score (nSPS) is 46.9. The molecule has 7 unspecified atom stereocenters. The SMILES string of the molecule is CC(=O)O[C@H]1CC[C@]2(C)C3CC[C@]4(C)C(C(C)CCC(=O)C(C)C)CCC4C3CC(O)C2(Br)C1. The van der Waals surface area contributed by atoms with Crippen molar-refractivity contribution in [3.63, 3.8) is 0 Å². The summed E-state index contributed by atoms with van der Waals surface area (Å²) in [5.41, 5.74) is 0.333. The third-order valence-electron chi connectivity index (χ3n) is 11.3. The van der Waals surface area contributed by atoms with Gasteiger partial charge in [-0.25, -0.2) is 0 Å². The summed E-state index contributed by atoms with van der Waals surface area (Å²) in [5.74, 6) is 3.40. The summed E-state index contributed by atoms with van der Waals surface area (Å²) in [6, 6.07) is 0. The third kappa shape index (κ3) is 4.23. The molecule has 1 N–H and O–H groups in total. The molecule has 4 rings (SSSR count). The van der Waals surface area contributed by atoms with E-state index in [2.05, 4.69) is 36.7 Å². The molecule has 194 valence electrons.